The second-order valence-electron chi connectivity index (χ2n) is 5.51. The molecule has 0 bridgehead atoms. The van der Waals surface area contributed by atoms with Crippen molar-refractivity contribution in [2.75, 3.05) is 30.9 Å². The first-order valence-electron chi connectivity index (χ1n) is 8.21. The molecule has 2 N–H and O–H groups in total. The van der Waals surface area contributed by atoms with Crippen LogP contribution >= 0.6 is 0 Å². The molecule has 0 saturated carbocycles. The summed E-state index contributed by atoms with van der Waals surface area (Å²) in [6.45, 7) is 2.72. The number of hydrogen-bond acceptors (Lipinski definition) is 8. The molecule has 3 rings (SSSR count). The second kappa shape index (κ2) is 8.65. The van der Waals surface area contributed by atoms with Crippen LogP contribution in [-0.2, 0) is 0 Å². The second-order valence-corrected chi connectivity index (χ2v) is 5.51. The monoisotopic (exact) mass is 369 g/mol. The molecule has 0 unspecified atom stereocenters. The molecule has 1 aromatic carbocycles. The van der Waals surface area contributed by atoms with E-state index in [-0.39, 0.29) is 5.69 Å². The van der Waals surface area contributed by atoms with Gasteiger partial charge in [0.2, 0.25) is 0 Å². The molecule has 1 amide bonds. The van der Waals surface area contributed by atoms with Crippen molar-refractivity contribution in [1.82, 2.24) is 15.1 Å². The van der Waals surface area contributed by atoms with Gasteiger partial charge in [-0.1, -0.05) is 5.16 Å². The molecule has 0 atom stereocenters. The van der Waals surface area contributed by atoms with E-state index in [2.05, 4.69) is 25.8 Å². The maximum Gasteiger partial charge on any atom is 0.277 e. The minimum absolute atomic E-state index is 0.177. The van der Waals surface area contributed by atoms with Crippen LogP contribution in [-0.4, -0.2) is 41.3 Å². The summed E-state index contributed by atoms with van der Waals surface area (Å²) in [5.74, 6) is 2.59. The van der Waals surface area contributed by atoms with Gasteiger partial charge in [0, 0.05) is 6.07 Å². The maximum atomic E-state index is 12.1. The predicted molar refractivity (Wildman–Crippen MR) is 98.2 cm³/mol. The van der Waals surface area contributed by atoms with Gasteiger partial charge in [-0.2, -0.15) is 0 Å². The summed E-state index contributed by atoms with van der Waals surface area (Å²) in [6, 6.07) is 8.95. The molecular weight excluding hydrogens is 350 g/mol. The van der Waals surface area contributed by atoms with Crippen LogP contribution < -0.4 is 20.1 Å². The van der Waals surface area contributed by atoms with Crippen molar-refractivity contribution < 1.29 is 18.8 Å². The van der Waals surface area contributed by atoms with Gasteiger partial charge in [0.15, 0.2) is 5.82 Å². The summed E-state index contributed by atoms with van der Waals surface area (Å²) in [7, 11) is 1.62. The number of benzene rings is 1. The Bertz CT molecular complexity index is 878. The number of nitrogens with one attached hydrogen (secondary N) is 2. The topological polar surface area (TPSA) is 111 Å². The van der Waals surface area contributed by atoms with Gasteiger partial charge < -0.3 is 24.6 Å². The van der Waals surface area contributed by atoms with E-state index < -0.39 is 5.91 Å². The molecule has 0 saturated heterocycles. The van der Waals surface area contributed by atoms with Gasteiger partial charge in [0.25, 0.3) is 5.91 Å². The third kappa shape index (κ3) is 5.18. The van der Waals surface area contributed by atoms with E-state index in [1.54, 1.807) is 20.1 Å². The van der Waals surface area contributed by atoms with Gasteiger partial charge in [-0.25, -0.2) is 9.97 Å². The van der Waals surface area contributed by atoms with Crippen LogP contribution in [0.15, 0.2) is 47.2 Å². The quantitative estimate of drug-likeness (QED) is 0.583. The van der Waals surface area contributed by atoms with Crippen LogP contribution in [0.4, 0.5) is 11.6 Å². The fraction of sp³-hybridized carbons (Fsp3) is 0.222. The summed E-state index contributed by atoms with van der Waals surface area (Å²) in [6.07, 6.45) is 2.87. The normalized spacial score (nSPS) is 10.3. The number of methoxy groups -OCH3 is 1. The van der Waals surface area contributed by atoms with Crippen molar-refractivity contribution >= 4 is 17.5 Å². The molecule has 0 radical (unpaired) electrons. The average Bonchev–Trinajstić information content (AvgIpc) is 3.10. The molecule has 0 fully saturated rings. The van der Waals surface area contributed by atoms with Crippen LogP contribution in [0, 0.1) is 6.92 Å². The zero-order valence-electron chi connectivity index (χ0n) is 14.9. The first kappa shape index (κ1) is 18.2. The number of hydrogen-bond donors (Lipinski definition) is 2. The first-order chi connectivity index (χ1) is 13.1. The lowest BCUT2D eigenvalue weighted by Gasteiger charge is -2.08. The molecule has 0 spiro atoms. The molecule has 0 aliphatic rings. The Morgan fingerprint density at radius 3 is 2.52 bits per heavy atom. The number of ether oxygens (including phenoxy) is 2. The third-order valence-corrected chi connectivity index (χ3v) is 3.49. The van der Waals surface area contributed by atoms with Crippen molar-refractivity contribution in [3.05, 3.63) is 54.2 Å². The summed E-state index contributed by atoms with van der Waals surface area (Å²) in [5.41, 5.74) is 0.177. The van der Waals surface area contributed by atoms with Crippen molar-refractivity contribution in [1.29, 1.82) is 0 Å². The molecule has 2 aromatic heterocycles. The lowest BCUT2D eigenvalue weighted by molar-refractivity contribution is 0.102. The summed E-state index contributed by atoms with van der Waals surface area (Å²) in [5, 5.41) is 9.35. The van der Waals surface area contributed by atoms with E-state index in [0.29, 0.717) is 30.5 Å². The minimum Gasteiger partial charge on any atom is -0.497 e. The van der Waals surface area contributed by atoms with Crippen molar-refractivity contribution in [3.63, 3.8) is 0 Å². The number of carbonyl (C=O) groups is 1. The predicted octanol–water partition coefficient (Wildman–Crippen LogP) is 2.52. The van der Waals surface area contributed by atoms with E-state index in [1.165, 1.54) is 12.4 Å². The highest BCUT2D eigenvalue weighted by molar-refractivity contribution is 6.02. The number of amides is 1. The molecule has 3 aromatic rings. The molecular formula is C18H19N5O4. The Labute approximate surface area is 155 Å². The van der Waals surface area contributed by atoms with Crippen LogP contribution in [0.2, 0.25) is 0 Å². The van der Waals surface area contributed by atoms with Gasteiger partial charge in [-0.05, 0) is 31.2 Å². The number of rotatable bonds is 8. The standard InChI is InChI=1S/C18H19N5O4/c1-12-9-16(23-27-12)22-18(24)15-10-21-17(11-20-15)19-7-8-26-14-5-3-13(25-2)4-6-14/h3-6,9-11H,7-8H2,1-2H3,(H,19,21)(H,22,23,24). The number of aryl methyl sites for hydroxylation is 1. The van der Waals surface area contributed by atoms with E-state index in [9.17, 15) is 4.79 Å². The van der Waals surface area contributed by atoms with Gasteiger partial charge in [-0.15, -0.1) is 0 Å². The Morgan fingerprint density at radius 2 is 1.89 bits per heavy atom. The van der Waals surface area contributed by atoms with Crippen LogP contribution in [0.25, 0.3) is 0 Å². The largest absolute Gasteiger partial charge is 0.497 e. The number of anilines is 2. The lowest BCUT2D eigenvalue weighted by Crippen LogP contribution is -2.16. The van der Waals surface area contributed by atoms with Gasteiger partial charge in [0.05, 0.1) is 26.0 Å². The van der Waals surface area contributed by atoms with Gasteiger partial charge >= 0.3 is 0 Å². The van der Waals surface area contributed by atoms with Crippen LogP contribution in [0.3, 0.4) is 0 Å². The van der Waals surface area contributed by atoms with Crippen molar-refractivity contribution in [2.24, 2.45) is 0 Å². The Balaban J connectivity index is 1.43. The maximum absolute atomic E-state index is 12.1. The smallest absolute Gasteiger partial charge is 0.277 e. The molecule has 9 heteroatoms. The number of carbonyl (C=O) groups excluding carboxylic acids is 1. The van der Waals surface area contributed by atoms with E-state index in [0.717, 1.165) is 11.5 Å². The molecule has 2 heterocycles. The van der Waals surface area contributed by atoms with Gasteiger partial charge in [0.1, 0.15) is 35.4 Å². The van der Waals surface area contributed by atoms with E-state index in [1.807, 2.05) is 24.3 Å². The first-order valence-corrected chi connectivity index (χ1v) is 8.21. The van der Waals surface area contributed by atoms with E-state index in [4.69, 9.17) is 14.0 Å². The Hall–Kier alpha value is -3.62. The highest BCUT2D eigenvalue weighted by Crippen LogP contribution is 2.16. The highest BCUT2D eigenvalue weighted by Gasteiger charge is 2.10. The molecule has 0 aliphatic heterocycles. The summed E-state index contributed by atoms with van der Waals surface area (Å²) < 4.78 is 15.6. The minimum atomic E-state index is -0.412. The Kier molecular flexibility index (Phi) is 5.83. The lowest BCUT2D eigenvalue weighted by atomic mass is 10.3. The van der Waals surface area contributed by atoms with E-state index >= 15 is 0 Å². The zero-order valence-corrected chi connectivity index (χ0v) is 14.9. The third-order valence-electron chi connectivity index (χ3n) is 3.49. The van der Waals surface area contributed by atoms with Gasteiger partial charge in [-0.3, -0.25) is 4.79 Å². The average molecular weight is 369 g/mol. The van der Waals surface area contributed by atoms with Crippen molar-refractivity contribution in [2.45, 2.75) is 6.92 Å². The highest BCUT2D eigenvalue weighted by atomic mass is 16.5. The number of nitrogens with zero attached hydrogens (tertiary/aromatic N) is 3. The van der Waals surface area contributed by atoms with Crippen LogP contribution in [0.1, 0.15) is 16.2 Å². The summed E-state index contributed by atoms with van der Waals surface area (Å²) in [4.78, 5) is 20.3. The fourth-order valence-electron chi connectivity index (χ4n) is 2.16. The molecule has 9 nitrogen and oxygen atoms in total. The molecule has 140 valence electrons. The Morgan fingerprint density at radius 1 is 1.11 bits per heavy atom. The number of aromatic nitrogens is 3. The molecule has 0 aliphatic carbocycles. The zero-order chi connectivity index (χ0) is 19.1. The fourth-order valence-corrected chi connectivity index (χ4v) is 2.16. The summed E-state index contributed by atoms with van der Waals surface area (Å²) >= 11 is 0. The molecule has 27 heavy (non-hydrogen) atoms. The van der Waals surface area contributed by atoms with Crippen LogP contribution in [0.5, 0.6) is 11.5 Å². The SMILES string of the molecule is COc1ccc(OCCNc2cnc(C(=O)Nc3cc(C)on3)cn2)cc1. The van der Waals surface area contributed by atoms with Crippen molar-refractivity contribution in [3.8, 4) is 11.5 Å².